The molecule has 0 saturated carbocycles. The number of nitrogens with zero attached hydrogens (tertiary/aromatic N) is 2. The Kier molecular flexibility index (Phi) is 4.17. The van der Waals surface area contributed by atoms with Crippen molar-refractivity contribution in [2.75, 3.05) is 38.9 Å². The molecule has 0 aliphatic carbocycles. The van der Waals surface area contributed by atoms with Gasteiger partial charge in [-0.3, -0.25) is 4.90 Å². The molecule has 2 aromatic rings. The van der Waals surface area contributed by atoms with Gasteiger partial charge in [0.15, 0.2) is 11.5 Å². The zero-order valence-electron chi connectivity index (χ0n) is 14.7. The number of phenolic OH excluding ortho intramolecular Hbond substituents is 1. The first kappa shape index (κ1) is 16.1. The van der Waals surface area contributed by atoms with Gasteiger partial charge in [0.05, 0.1) is 6.04 Å². The molecule has 1 saturated heterocycles. The number of fused-ring (bicyclic) bond motifs is 1. The van der Waals surface area contributed by atoms with Crippen molar-refractivity contribution in [1.82, 2.24) is 4.90 Å². The van der Waals surface area contributed by atoms with Gasteiger partial charge in [-0.2, -0.15) is 0 Å². The van der Waals surface area contributed by atoms with Gasteiger partial charge in [0, 0.05) is 31.4 Å². The zero-order chi connectivity index (χ0) is 17.4. The molecule has 2 aliphatic rings. The van der Waals surface area contributed by atoms with Crippen LogP contribution in [-0.4, -0.2) is 44.0 Å². The van der Waals surface area contributed by atoms with E-state index in [1.807, 2.05) is 20.2 Å². The van der Waals surface area contributed by atoms with Crippen molar-refractivity contribution in [3.8, 4) is 17.2 Å². The van der Waals surface area contributed by atoms with Crippen molar-refractivity contribution >= 4 is 5.69 Å². The molecule has 0 bridgehead atoms. The maximum absolute atomic E-state index is 10.6. The van der Waals surface area contributed by atoms with E-state index in [1.54, 1.807) is 6.07 Å². The predicted octanol–water partition coefficient (Wildman–Crippen LogP) is 3.37. The number of benzene rings is 2. The number of aromatic hydroxyl groups is 1. The summed E-state index contributed by atoms with van der Waals surface area (Å²) in [7, 11) is 4.08. The van der Waals surface area contributed by atoms with Crippen LogP contribution in [0.5, 0.6) is 17.2 Å². The molecule has 0 spiro atoms. The lowest BCUT2D eigenvalue weighted by molar-refractivity contribution is 0.173. The highest BCUT2D eigenvalue weighted by Gasteiger charge is 2.29. The van der Waals surface area contributed by atoms with E-state index in [-0.39, 0.29) is 18.6 Å². The van der Waals surface area contributed by atoms with E-state index in [4.69, 9.17) is 9.47 Å². The number of hydrogen-bond donors (Lipinski definition) is 1. The van der Waals surface area contributed by atoms with Crippen LogP contribution in [0, 0.1) is 0 Å². The molecule has 5 heteroatoms. The molecule has 1 atom stereocenters. The molecule has 2 heterocycles. The number of rotatable bonds is 4. The summed E-state index contributed by atoms with van der Waals surface area (Å²) in [5.41, 5.74) is 3.23. The third kappa shape index (κ3) is 3.00. The Balaban J connectivity index is 1.76. The normalized spacial score (nSPS) is 17.7. The zero-order valence-corrected chi connectivity index (χ0v) is 14.7. The minimum absolute atomic E-state index is 0.0215. The summed E-state index contributed by atoms with van der Waals surface area (Å²) in [5, 5.41) is 10.6. The highest BCUT2D eigenvalue weighted by molar-refractivity contribution is 5.55. The summed E-state index contributed by atoms with van der Waals surface area (Å²) in [6, 6.07) is 12.2. The summed E-state index contributed by atoms with van der Waals surface area (Å²) in [6.45, 7) is 2.28. The molecule has 25 heavy (non-hydrogen) atoms. The Morgan fingerprint density at radius 3 is 2.28 bits per heavy atom. The largest absolute Gasteiger partial charge is 0.507 e. The number of hydrogen-bond acceptors (Lipinski definition) is 5. The Labute approximate surface area is 148 Å². The highest BCUT2D eigenvalue weighted by atomic mass is 16.7. The molecule has 2 aliphatic heterocycles. The Bertz CT molecular complexity index is 752. The van der Waals surface area contributed by atoms with E-state index in [2.05, 4.69) is 34.1 Å². The van der Waals surface area contributed by atoms with E-state index in [1.165, 1.54) is 24.1 Å². The summed E-state index contributed by atoms with van der Waals surface area (Å²) < 4.78 is 10.9. The quantitative estimate of drug-likeness (QED) is 0.924. The first-order valence-electron chi connectivity index (χ1n) is 8.77. The maximum atomic E-state index is 10.6. The van der Waals surface area contributed by atoms with Crippen LogP contribution in [0.4, 0.5) is 5.69 Å². The highest BCUT2D eigenvalue weighted by Crippen LogP contribution is 2.44. The predicted molar refractivity (Wildman–Crippen MR) is 97.6 cm³/mol. The van der Waals surface area contributed by atoms with Crippen LogP contribution < -0.4 is 14.4 Å². The van der Waals surface area contributed by atoms with Crippen LogP contribution in [0.15, 0.2) is 36.4 Å². The third-order valence-corrected chi connectivity index (χ3v) is 5.05. The van der Waals surface area contributed by atoms with Crippen molar-refractivity contribution < 1.29 is 14.6 Å². The Hall–Kier alpha value is -2.40. The molecular formula is C20H24N2O3. The van der Waals surface area contributed by atoms with Gasteiger partial charge in [0.1, 0.15) is 5.75 Å². The molecule has 0 aromatic heterocycles. The summed E-state index contributed by atoms with van der Waals surface area (Å²) in [4.78, 5) is 4.52. The lowest BCUT2D eigenvalue weighted by Crippen LogP contribution is -2.26. The SMILES string of the molecule is CN(C)c1ccc(C(c2cc3c(cc2O)OCO3)N2CCCC2)cc1. The van der Waals surface area contributed by atoms with Crippen LogP contribution in [0.2, 0.25) is 0 Å². The Morgan fingerprint density at radius 2 is 1.64 bits per heavy atom. The average molecular weight is 340 g/mol. The molecule has 0 amide bonds. The second kappa shape index (κ2) is 6.48. The summed E-state index contributed by atoms with van der Waals surface area (Å²) in [6.07, 6.45) is 2.38. The minimum Gasteiger partial charge on any atom is -0.507 e. The Morgan fingerprint density at radius 1 is 1.00 bits per heavy atom. The maximum Gasteiger partial charge on any atom is 0.231 e. The molecule has 1 unspecified atom stereocenters. The monoisotopic (exact) mass is 340 g/mol. The van der Waals surface area contributed by atoms with E-state index in [0.717, 1.165) is 18.7 Å². The molecule has 132 valence electrons. The molecule has 5 nitrogen and oxygen atoms in total. The molecule has 4 rings (SSSR count). The average Bonchev–Trinajstić information content (AvgIpc) is 3.27. The fourth-order valence-electron chi connectivity index (χ4n) is 3.71. The van der Waals surface area contributed by atoms with Crippen LogP contribution in [0.25, 0.3) is 0 Å². The van der Waals surface area contributed by atoms with Crippen LogP contribution in [0.1, 0.15) is 30.0 Å². The van der Waals surface area contributed by atoms with Gasteiger partial charge < -0.3 is 19.5 Å². The molecule has 0 radical (unpaired) electrons. The lowest BCUT2D eigenvalue weighted by Gasteiger charge is -2.29. The second-order valence-electron chi connectivity index (χ2n) is 6.90. The number of anilines is 1. The van der Waals surface area contributed by atoms with Crippen molar-refractivity contribution in [3.05, 3.63) is 47.5 Å². The molecule has 1 fully saturated rings. The van der Waals surface area contributed by atoms with Gasteiger partial charge in [0.25, 0.3) is 0 Å². The van der Waals surface area contributed by atoms with Crippen molar-refractivity contribution in [1.29, 1.82) is 0 Å². The standard InChI is InChI=1S/C20H24N2O3/c1-21(2)15-7-5-14(6-8-15)20(22-9-3-4-10-22)16-11-18-19(12-17(16)23)25-13-24-18/h5-8,11-12,20,23H,3-4,9-10,13H2,1-2H3. The van der Waals surface area contributed by atoms with Gasteiger partial charge in [-0.15, -0.1) is 0 Å². The smallest absolute Gasteiger partial charge is 0.231 e. The van der Waals surface area contributed by atoms with Crippen molar-refractivity contribution in [2.45, 2.75) is 18.9 Å². The lowest BCUT2D eigenvalue weighted by atomic mass is 9.95. The fourth-order valence-corrected chi connectivity index (χ4v) is 3.71. The third-order valence-electron chi connectivity index (χ3n) is 5.05. The first-order valence-corrected chi connectivity index (χ1v) is 8.77. The topological polar surface area (TPSA) is 45.2 Å². The minimum atomic E-state index is 0.0215. The number of likely N-dealkylation sites (tertiary alicyclic amines) is 1. The van der Waals surface area contributed by atoms with Crippen LogP contribution in [-0.2, 0) is 0 Å². The van der Waals surface area contributed by atoms with Gasteiger partial charge in [0.2, 0.25) is 6.79 Å². The van der Waals surface area contributed by atoms with Crippen LogP contribution >= 0.6 is 0 Å². The van der Waals surface area contributed by atoms with Gasteiger partial charge in [-0.05, 0) is 49.7 Å². The summed E-state index contributed by atoms with van der Waals surface area (Å²) >= 11 is 0. The van der Waals surface area contributed by atoms with E-state index >= 15 is 0 Å². The van der Waals surface area contributed by atoms with E-state index in [0.29, 0.717) is 11.5 Å². The van der Waals surface area contributed by atoms with Gasteiger partial charge in [-0.25, -0.2) is 0 Å². The molecular weight excluding hydrogens is 316 g/mol. The second-order valence-corrected chi connectivity index (χ2v) is 6.90. The van der Waals surface area contributed by atoms with Crippen molar-refractivity contribution in [2.24, 2.45) is 0 Å². The summed E-state index contributed by atoms with van der Waals surface area (Å²) in [5.74, 6) is 1.59. The van der Waals surface area contributed by atoms with Crippen LogP contribution in [0.3, 0.4) is 0 Å². The fraction of sp³-hybridized carbons (Fsp3) is 0.400. The number of phenols is 1. The number of ether oxygens (including phenoxy) is 2. The van der Waals surface area contributed by atoms with Gasteiger partial charge in [-0.1, -0.05) is 12.1 Å². The molecule has 2 aromatic carbocycles. The van der Waals surface area contributed by atoms with Gasteiger partial charge >= 0.3 is 0 Å². The molecule has 1 N–H and O–H groups in total. The van der Waals surface area contributed by atoms with E-state index in [9.17, 15) is 5.11 Å². The van der Waals surface area contributed by atoms with Crippen molar-refractivity contribution in [3.63, 3.8) is 0 Å². The first-order chi connectivity index (χ1) is 12.1. The van der Waals surface area contributed by atoms with E-state index < -0.39 is 0 Å².